The van der Waals surface area contributed by atoms with Crippen LogP contribution in [0.2, 0.25) is 0 Å². The molecule has 1 N–H and O–H groups in total. The molecule has 8 heteroatoms. The van der Waals surface area contributed by atoms with Crippen LogP contribution >= 0.6 is 0 Å². The van der Waals surface area contributed by atoms with Gasteiger partial charge in [-0.2, -0.15) is 0 Å². The van der Waals surface area contributed by atoms with E-state index in [-0.39, 0.29) is 18.3 Å². The molecule has 1 saturated heterocycles. The molecule has 31 heavy (non-hydrogen) atoms. The lowest BCUT2D eigenvalue weighted by molar-refractivity contribution is 0.173. The monoisotopic (exact) mass is 420 g/mol. The maximum Gasteiger partial charge on any atom is 0.251 e. The largest absolute Gasteiger partial charge is 0.496 e. The molecule has 0 atom stereocenters. The van der Waals surface area contributed by atoms with Crippen LogP contribution in [0, 0.1) is 0 Å². The molecule has 0 aliphatic carbocycles. The summed E-state index contributed by atoms with van der Waals surface area (Å²) in [5, 5.41) is 0. The molecular formula is C23H24N4O4. The first-order valence-corrected chi connectivity index (χ1v) is 10.4. The minimum atomic E-state index is -0.128. The van der Waals surface area contributed by atoms with E-state index in [1.807, 2.05) is 24.3 Å². The van der Waals surface area contributed by atoms with Gasteiger partial charge in [0, 0.05) is 48.1 Å². The van der Waals surface area contributed by atoms with Gasteiger partial charge >= 0.3 is 0 Å². The minimum absolute atomic E-state index is 0.128. The molecule has 0 radical (unpaired) electrons. The van der Waals surface area contributed by atoms with Gasteiger partial charge in [0.1, 0.15) is 11.6 Å². The van der Waals surface area contributed by atoms with Gasteiger partial charge in [-0.05, 0) is 44.1 Å². The first-order chi connectivity index (χ1) is 15.2. The number of nitrogens with one attached hydrogen (secondary N) is 1. The Kier molecular flexibility index (Phi) is 5.30. The highest BCUT2D eigenvalue weighted by Crippen LogP contribution is 2.39. The summed E-state index contributed by atoms with van der Waals surface area (Å²) in [7, 11) is 1.67. The van der Waals surface area contributed by atoms with Crippen molar-refractivity contribution in [2.75, 3.05) is 27.0 Å². The van der Waals surface area contributed by atoms with Crippen LogP contribution in [-0.2, 0) is 6.54 Å². The van der Waals surface area contributed by atoms with E-state index < -0.39 is 0 Å². The smallest absolute Gasteiger partial charge is 0.251 e. The van der Waals surface area contributed by atoms with Crippen molar-refractivity contribution in [1.29, 1.82) is 0 Å². The molecule has 0 unspecified atom stereocenters. The van der Waals surface area contributed by atoms with Gasteiger partial charge in [-0.1, -0.05) is 0 Å². The molecule has 2 aliphatic heterocycles. The molecule has 4 heterocycles. The molecule has 3 aromatic rings. The van der Waals surface area contributed by atoms with E-state index in [0.717, 1.165) is 66.5 Å². The number of aromatic nitrogens is 3. The molecule has 1 aromatic carbocycles. The molecule has 2 aliphatic rings. The fourth-order valence-corrected chi connectivity index (χ4v) is 4.23. The Hall–Kier alpha value is -3.39. The fraction of sp³-hybridized carbons (Fsp3) is 0.348. The van der Waals surface area contributed by atoms with Gasteiger partial charge < -0.3 is 19.2 Å². The number of rotatable bonds is 5. The summed E-state index contributed by atoms with van der Waals surface area (Å²) in [5.41, 5.74) is 2.62. The summed E-state index contributed by atoms with van der Waals surface area (Å²) < 4.78 is 16.5. The third-order valence-corrected chi connectivity index (χ3v) is 5.87. The molecule has 2 aromatic heterocycles. The Morgan fingerprint density at radius 1 is 1.19 bits per heavy atom. The van der Waals surface area contributed by atoms with Crippen molar-refractivity contribution in [3.8, 4) is 28.6 Å². The molecular weight excluding hydrogens is 396 g/mol. The van der Waals surface area contributed by atoms with Gasteiger partial charge in [-0.15, -0.1) is 0 Å². The van der Waals surface area contributed by atoms with E-state index in [1.165, 1.54) is 0 Å². The van der Waals surface area contributed by atoms with E-state index in [0.29, 0.717) is 5.82 Å². The lowest BCUT2D eigenvalue weighted by Gasteiger charge is -2.32. The van der Waals surface area contributed by atoms with Crippen LogP contribution < -0.4 is 19.8 Å². The first kappa shape index (κ1) is 19.6. The lowest BCUT2D eigenvalue weighted by atomic mass is 9.93. The van der Waals surface area contributed by atoms with Crippen LogP contribution in [0.1, 0.15) is 30.0 Å². The summed E-state index contributed by atoms with van der Waals surface area (Å²) in [6.45, 7) is 2.85. The Morgan fingerprint density at radius 3 is 2.74 bits per heavy atom. The number of hydrogen-bond donors (Lipinski definition) is 1. The Bertz CT molecular complexity index is 1120. The quantitative estimate of drug-likeness (QED) is 0.679. The van der Waals surface area contributed by atoms with Crippen LogP contribution in [0.5, 0.6) is 17.2 Å². The summed E-state index contributed by atoms with van der Waals surface area (Å²) in [5.74, 6) is 3.13. The van der Waals surface area contributed by atoms with E-state index in [9.17, 15) is 4.79 Å². The van der Waals surface area contributed by atoms with Crippen molar-refractivity contribution < 1.29 is 14.2 Å². The topological polar surface area (TPSA) is 89.6 Å². The maximum atomic E-state index is 12.2. The predicted octanol–water partition coefficient (Wildman–Crippen LogP) is 2.95. The minimum Gasteiger partial charge on any atom is -0.496 e. The average Bonchev–Trinajstić information content (AvgIpc) is 3.26. The second-order valence-electron chi connectivity index (χ2n) is 7.83. The van der Waals surface area contributed by atoms with E-state index in [4.69, 9.17) is 19.2 Å². The second-order valence-corrected chi connectivity index (χ2v) is 7.83. The third kappa shape index (κ3) is 4.11. The zero-order valence-corrected chi connectivity index (χ0v) is 17.3. The third-order valence-electron chi connectivity index (χ3n) is 5.87. The highest BCUT2D eigenvalue weighted by molar-refractivity contribution is 5.53. The van der Waals surface area contributed by atoms with Crippen LogP contribution in [0.3, 0.4) is 0 Å². The summed E-state index contributed by atoms with van der Waals surface area (Å²) in [4.78, 5) is 26.3. The number of methoxy groups -OCH3 is 1. The van der Waals surface area contributed by atoms with Gasteiger partial charge in [-0.3, -0.25) is 14.7 Å². The lowest BCUT2D eigenvalue weighted by Crippen LogP contribution is -2.33. The SMILES string of the molecule is COc1cc2c(cc1CN1CCC(c3cc(=O)[nH]c(-c4cccnc4)n3)CC1)OCO2. The van der Waals surface area contributed by atoms with Crippen LogP contribution in [0.25, 0.3) is 11.4 Å². The zero-order chi connectivity index (χ0) is 21.2. The predicted molar refractivity (Wildman–Crippen MR) is 114 cm³/mol. The molecule has 5 rings (SSSR count). The van der Waals surface area contributed by atoms with Crippen molar-refractivity contribution >= 4 is 0 Å². The Labute approximate surface area is 179 Å². The molecule has 0 amide bonds. The molecule has 0 spiro atoms. The number of H-pyrrole nitrogens is 1. The molecule has 8 nitrogen and oxygen atoms in total. The summed E-state index contributed by atoms with van der Waals surface area (Å²) in [6.07, 6.45) is 5.30. The number of piperidine rings is 1. The number of nitrogens with zero attached hydrogens (tertiary/aromatic N) is 3. The average molecular weight is 420 g/mol. The van der Waals surface area contributed by atoms with Crippen molar-refractivity contribution in [2.24, 2.45) is 0 Å². The number of fused-ring (bicyclic) bond motifs is 1. The van der Waals surface area contributed by atoms with Gasteiger partial charge in [0.05, 0.1) is 12.8 Å². The molecule has 0 saturated carbocycles. The van der Waals surface area contributed by atoms with Gasteiger partial charge in [0.25, 0.3) is 5.56 Å². The zero-order valence-electron chi connectivity index (χ0n) is 17.3. The van der Waals surface area contributed by atoms with Crippen molar-refractivity contribution in [3.63, 3.8) is 0 Å². The van der Waals surface area contributed by atoms with Crippen molar-refractivity contribution in [1.82, 2.24) is 19.9 Å². The Balaban J connectivity index is 1.28. The van der Waals surface area contributed by atoms with Gasteiger partial charge in [0.15, 0.2) is 11.5 Å². The van der Waals surface area contributed by atoms with E-state index in [1.54, 1.807) is 25.6 Å². The van der Waals surface area contributed by atoms with Gasteiger partial charge in [0.2, 0.25) is 6.79 Å². The van der Waals surface area contributed by atoms with Crippen molar-refractivity contribution in [2.45, 2.75) is 25.3 Å². The summed E-state index contributed by atoms with van der Waals surface area (Å²) >= 11 is 0. The summed E-state index contributed by atoms with van der Waals surface area (Å²) in [6, 6.07) is 9.26. The number of hydrogen-bond acceptors (Lipinski definition) is 7. The number of aromatic amines is 1. The molecule has 1 fully saturated rings. The number of ether oxygens (including phenoxy) is 3. The Morgan fingerprint density at radius 2 is 2.00 bits per heavy atom. The molecule has 0 bridgehead atoms. The maximum absolute atomic E-state index is 12.2. The normalized spacial score (nSPS) is 16.4. The van der Waals surface area contributed by atoms with Gasteiger partial charge in [-0.25, -0.2) is 4.98 Å². The van der Waals surface area contributed by atoms with E-state index in [2.05, 4.69) is 14.9 Å². The van der Waals surface area contributed by atoms with Crippen LogP contribution in [0.15, 0.2) is 47.5 Å². The number of likely N-dealkylation sites (tertiary alicyclic amines) is 1. The van der Waals surface area contributed by atoms with Crippen molar-refractivity contribution in [3.05, 3.63) is 64.3 Å². The second kappa shape index (κ2) is 8.39. The standard InChI is InChI=1S/C23H24N4O4/c1-29-19-11-21-20(30-14-31-21)9-17(19)13-27-7-4-15(5-8-27)18-10-22(28)26-23(25-18)16-3-2-6-24-12-16/h2-3,6,9-12,15H,4-5,7-8,13-14H2,1H3,(H,25,26,28). The number of pyridine rings is 1. The van der Waals surface area contributed by atoms with Crippen LogP contribution in [0.4, 0.5) is 0 Å². The molecule has 160 valence electrons. The number of benzene rings is 1. The van der Waals surface area contributed by atoms with E-state index >= 15 is 0 Å². The first-order valence-electron chi connectivity index (χ1n) is 10.4. The fourth-order valence-electron chi connectivity index (χ4n) is 4.23. The van der Waals surface area contributed by atoms with Crippen LogP contribution in [-0.4, -0.2) is 46.8 Å². The highest BCUT2D eigenvalue weighted by Gasteiger charge is 2.25. The highest BCUT2D eigenvalue weighted by atomic mass is 16.7.